The smallest absolute Gasteiger partial charge is 0.123 e. The fourth-order valence-electron chi connectivity index (χ4n) is 2.65. The number of alkyl halides is 1. The Kier molecular flexibility index (Phi) is 3.71. The molecular weight excluding hydrogens is 383 g/mol. The zero-order valence-electron chi connectivity index (χ0n) is 11.5. The molecule has 104 valence electrons. The molecule has 0 radical (unpaired) electrons. The lowest BCUT2D eigenvalue weighted by Gasteiger charge is -2.16. The molecule has 2 aromatic rings. The van der Waals surface area contributed by atoms with Crippen molar-refractivity contribution in [2.45, 2.75) is 31.2 Å². The van der Waals surface area contributed by atoms with Crippen LogP contribution in [0.15, 0.2) is 42.5 Å². The molecule has 1 nitrogen and oxygen atoms in total. The summed E-state index contributed by atoms with van der Waals surface area (Å²) in [5, 5.41) is -0.114. The summed E-state index contributed by atoms with van der Waals surface area (Å²) < 4.78 is 7.11. The van der Waals surface area contributed by atoms with Crippen LogP contribution in [0.4, 0.5) is 0 Å². The molecule has 0 saturated carbocycles. The van der Waals surface area contributed by atoms with Gasteiger partial charge in [-0.25, -0.2) is 0 Å². The van der Waals surface area contributed by atoms with E-state index in [9.17, 15) is 0 Å². The highest BCUT2D eigenvalue weighted by molar-refractivity contribution is 14.1. The van der Waals surface area contributed by atoms with Gasteiger partial charge in [-0.2, -0.15) is 0 Å². The van der Waals surface area contributed by atoms with E-state index >= 15 is 0 Å². The van der Waals surface area contributed by atoms with Crippen LogP contribution >= 0.6 is 34.2 Å². The van der Waals surface area contributed by atoms with Crippen molar-refractivity contribution in [1.82, 2.24) is 0 Å². The summed E-state index contributed by atoms with van der Waals surface area (Å²) >= 11 is 9.00. The van der Waals surface area contributed by atoms with Crippen LogP contribution in [-0.4, -0.2) is 5.60 Å². The lowest BCUT2D eigenvalue weighted by atomic mass is 9.97. The van der Waals surface area contributed by atoms with Crippen molar-refractivity contribution in [3.8, 4) is 5.75 Å². The average Bonchev–Trinajstić information content (AvgIpc) is 2.71. The Morgan fingerprint density at radius 2 is 1.95 bits per heavy atom. The maximum absolute atomic E-state index is 6.66. The normalized spacial score (nSPS) is 17.4. The van der Waals surface area contributed by atoms with Crippen molar-refractivity contribution in [2.24, 2.45) is 0 Å². The quantitative estimate of drug-likeness (QED) is 0.490. The van der Waals surface area contributed by atoms with Crippen LogP contribution < -0.4 is 4.74 Å². The Balaban J connectivity index is 1.95. The first-order chi connectivity index (χ1) is 9.46. The van der Waals surface area contributed by atoms with Gasteiger partial charge in [0.05, 0.1) is 5.38 Å². The van der Waals surface area contributed by atoms with E-state index < -0.39 is 0 Å². The summed E-state index contributed by atoms with van der Waals surface area (Å²) in [5.41, 5.74) is 3.44. The lowest BCUT2D eigenvalue weighted by Crippen LogP contribution is -2.24. The second kappa shape index (κ2) is 5.23. The summed E-state index contributed by atoms with van der Waals surface area (Å²) in [6.07, 6.45) is 0.936. The Bertz CT molecular complexity index is 651. The predicted molar refractivity (Wildman–Crippen MR) is 91.7 cm³/mol. The first-order valence-corrected chi connectivity index (χ1v) is 8.18. The molecular formula is C17H16ClIO. The number of hydrogen-bond acceptors (Lipinski definition) is 1. The van der Waals surface area contributed by atoms with Crippen molar-refractivity contribution >= 4 is 34.2 Å². The minimum absolute atomic E-state index is 0.107. The number of hydrogen-bond donors (Lipinski definition) is 0. The largest absolute Gasteiger partial charge is 0.487 e. The lowest BCUT2D eigenvalue weighted by molar-refractivity contribution is 0.138. The zero-order chi connectivity index (χ0) is 14.3. The monoisotopic (exact) mass is 398 g/mol. The molecule has 3 heteroatoms. The molecule has 1 heterocycles. The van der Waals surface area contributed by atoms with Crippen molar-refractivity contribution in [2.75, 3.05) is 0 Å². The van der Waals surface area contributed by atoms with Crippen molar-refractivity contribution in [3.05, 3.63) is 62.7 Å². The fourth-order valence-corrected chi connectivity index (χ4v) is 3.86. The Morgan fingerprint density at radius 1 is 1.20 bits per heavy atom. The summed E-state index contributed by atoms with van der Waals surface area (Å²) in [6, 6.07) is 14.6. The highest BCUT2D eigenvalue weighted by atomic mass is 127. The van der Waals surface area contributed by atoms with Crippen LogP contribution in [0, 0.1) is 3.57 Å². The standard InChI is InChI=1S/C17H16ClIO/c1-17(2)10-12-9-11(7-8-15(12)20-17)16(18)13-5-3-4-6-14(13)19/h3-9,16H,10H2,1-2H3. The molecule has 3 rings (SSSR count). The topological polar surface area (TPSA) is 9.23 Å². The minimum Gasteiger partial charge on any atom is -0.487 e. The molecule has 1 unspecified atom stereocenters. The first-order valence-electron chi connectivity index (χ1n) is 6.67. The third kappa shape index (κ3) is 2.68. The van der Waals surface area contributed by atoms with Crippen LogP contribution in [0.25, 0.3) is 0 Å². The third-order valence-electron chi connectivity index (χ3n) is 3.56. The molecule has 0 N–H and O–H groups in total. The van der Waals surface area contributed by atoms with Gasteiger partial charge in [-0.05, 0) is 65.3 Å². The van der Waals surface area contributed by atoms with Gasteiger partial charge < -0.3 is 4.74 Å². The fraction of sp³-hybridized carbons (Fsp3) is 0.294. The number of halogens is 2. The van der Waals surface area contributed by atoms with Gasteiger partial charge in [-0.15, -0.1) is 11.6 Å². The van der Waals surface area contributed by atoms with E-state index in [-0.39, 0.29) is 11.0 Å². The van der Waals surface area contributed by atoms with Crippen molar-refractivity contribution in [1.29, 1.82) is 0 Å². The SMILES string of the molecule is CC1(C)Cc2cc(C(Cl)c3ccccc3I)ccc2O1. The van der Waals surface area contributed by atoms with Crippen LogP contribution in [-0.2, 0) is 6.42 Å². The van der Waals surface area contributed by atoms with Crippen LogP contribution in [0.1, 0.15) is 35.9 Å². The molecule has 1 aliphatic rings. The van der Waals surface area contributed by atoms with Gasteiger partial charge in [-0.3, -0.25) is 0 Å². The maximum Gasteiger partial charge on any atom is 0.123 e. The van der Waals surface area contributed by atoms with Crippen LogP contribution in [0.3, 0.4) is 0 Å². The predicted octanol–water partition coefficient (Wildman–Crippen LogP) is 5.33. The van der Waals surface area contributed by atoms with E-state index in [1.165, 1.54) is 9.13 Å². The van der Waals surface area contributed by atoms with Crippen LogP contribution in [0.5, 0.6) is 5.75 Å². The van der Waals surface area contributed by atoms with Gasteiger partial charge in [0.1, 0.15) is 11.4 Å². The average molecular weight is 399 g/mol. The highest BCUT2D eigenvalue weighted by Crippen LogP contribution is 2.39. The third-order valence-corrected chi connectivity index (χ3v) is 5.03. The molecule has 0 spiro atoms. The number of rotatable bonds is 2. The second-order valence-electron chi connectivity index (χ2n) is 5.79. The van der Waals surface area contributed by atoms with E-state index in [1.54, 1.807) is 0 Å². The summed E-state index contributed by atoms with van der Waals surface area (Å²) in [4.78, 5) is 0. The zero-order valence-corrected chi connectivity index (χ0v) is 14.4. The Morgan fingerprint density at radius 3 is 2.70 bits per heavy atom. The summed E-state index contributed by atoms with van der Waals surface area (Å²) in [5.74, 6) is 0.991. The Labute approximate surface area is 138 Å². The van der Waals surface area contributed by atoms with Crippen LogP contribution in [0.2, 0.25) is 0 Å². The molecule has 0 saturated heterocycles. The van der Waals surface area contributed by atoms with Gasteiger partial charge in [0.25, 0.3) is 0 Å². The number of ether oxygens (including phenoxy) is 1. The number of benzene rings is 2. The first kappa shape index (κ1) is 14.2. The van der Waals surface area contributed by atoms with Gasteiger partial charge in [0, 0.05) is 9.99 Å². The van der Waals surface area contributed by atoms with E-state index in [1.807, 2.05) is 18.2 Å². The second-order valence-corrected chi connectivity index (χ2v) is 7.39. The molecule has 0 fully saturated rings. The molecule has 0 bridgehead atoms. The molecule has 0 aliphatic carbocycles. The Hall–Kier alpha value is -0.740. The molecule has 20 heavy (non-hydrogen) atoms. The van der Waals surface area contributed by atoms with E-state index in [0.717, 1.165) is 23.3 Å². The van der Waals surface area contributed by atoms with Gasteiger partial charge in [-0.1, -0.05) is 30.3 Å². The van der Waals surface area contributed by atoms with E-state index in [4.69, 9.17) is 16.3 Å². The van der Waals surface area contributed by atoms with E-state index in [2.05, 4.69) is 60.7 Å². The maximum atomic E-state index is 6.66. The van der Waals surface area contributed by atoms with Crippen molar-refractivity contribution < 1.29 is 4.74 Å². The molecule has 2 aromatic carbocycles. The van der Waals surface area contributed by atoms with Crippen molar-refractivity contribution in [3.63, 3.8) is 0 Å². The van der Waals surface area contributed by atoms with Gasteiger partial charge in [0.15, 0.2) is 0 Å². The molecule has 1 atom stereocenters. The minimum atomic E-state index is -0.114. The molecule has 0 amide bonds. The van der Waals surface area contributed by atoms with E-state index in [0.29, 0.717) is 0 Å². The summed E-state index contributed by atoms with van der Waals surface area (Å²) in [6.45, 7) is 4.23. The van der Waals surface area contributed by atoms with Gasteiger partial charge in [0.2, 0.25) is 0 Å². The number of fused-ring (bicyclic) bond motifs is 1. The highest BCUT2D eigenvalue weighted by Gasteiger charge is 2.30. The molecule has 0 aromatic heterocycles. The van der Waals surface area contributed by atoms with Gasteiger partial charge >= 0.3 is 0 Å². The molecule has 1 aliphatic heterocycles. The summed E-state index contributed by atoms with van der Waals surface area (Å²) in [7, 11) is 0.